The van der Waals surface area contributed by atoms with E-state index in [1.807, 2.05) is 18.2 Å². The molecule has 0 heterocycles. The number of rotatable bonds is 7. The number of benzene rings is 1. The second-order valence-electron chi connectivity index (χ2n) is 5.37. The molecule has 0 spiro atoms. The molecule has 0 unspecified atom stereocenters. The van der Waals surface area contributed by atoms with E-state index in [4.69, 9.17) is 0 Å². The second kappa shape index (κ2) is 7.08. The van der Waals surface area contributed by atoms with Gasteiger partial charge in [-0.3, -0.25) is 9.59 Å². The lowest BCUT2D eigenvalue weighted by Gasteiger charge is -2.20. The Morgan fingerprint density at radius 1 is 1.25 bits per heavy atom. The largest absolute Gasteiger partial charge is 0.352 e. The third-order valence-corrected chi connectivity index (χ3v) is 3.46. The Bertz CT molecular complexity index is 455. The van der Waals surface area contributed by atoms with Crippen molar-refractivity contribution in [1.82, 2.24) is 10.2 Å². The van der Waals surface area contributed by atoms with Gasteiger partial charge in [0, 0.05) is 19.5 Å². The minimum Gasteiger partial charge on any atom is -0.352 e. The van der Waals surface area contributed by atoms with E-state index in [1.54, 1.807) is 4.90 Å². The van der Waals surface area contributed by atoms with Crippen molar-refractivity contribution >= 4 is 11.8 Å². The third kappa shape index (κ3) is 5.03. The molecule has 0 saturated heterocycles. The Morgan fingerprint density at radius 3 is 2.55 bits per heavy atom. The van der Waals surface area contributed by atoms with Gasteiger partial charge in [-0.25, -0.2) is 0 Å². The van der Waals surface area contributed by atoms with Gasteiger partial charge in [0.05, 0.1) is 6.54 Å². The Balaban J connectivity index is 1.73. The lowest BCUT2D eigenvalue weighted by atomic mass is 10.1. The zero-order valence-electron chi connectivity index (χ0n) is 12.0. The standard InChI is InChI=1S/C16H22N2O2/c1-13(19)18(12-16(20)17-15-9-10-15)11-5-8-14-6-3-2-4-7-14/h2-4,6-7,15H,5,8-12H2,1H3,(H,17,20). The summed E-state index contributed by atoms with van der Waals surface area (Å²) in [6, 6.07) is 10.5. The van der Waals surface area contributed by atoms with Gasteiger partial charge in [-0.1, -0.05) is 30.3 Å². The molecule has 1 aliphatic rings. The first-order valence-electron chi connectivity index (χ1n) is 7.24. The molecule has 0 aliphatic heterocycles. The van der Waals surface area contributed by atoms with Crippen molar-refractivity contribution in [1.29, 1.82) is 0 Å². The maximum absolute atomic E-state index is 11.7. The lowest BCUT2D eigenvalue weighted by Crippen LogP contribution is -2.41. The quantitative estimate of drug-likeness (QED) is 0.823. The molecule has 1 aromatic rings. The molecule has 4 heteroatoms. The first-order valence-corrected chi connectivity index (χ1v) is 7.24. The van der Waals surface area contributed by atoms with Crippen LogP contribution in [-0.4, -0.2) is 35.8 Å². The normalized spacial score (nSPS) is 13.8. The molecular formula is C16H22N2O2. The Kier molecular flexibility index (Phi) is 5.16. The Labute approximate surface area is 120 Å². The van der Waals surface area contributed by atoms with Crippen LogP contribution in [0.3, 0.4) is 0 Å². The molecule has 108 valence electrons. The van der Waals surface area contributed by atoms with E-state index < -0.39 is 0 Å². The summed E-state index contributed by atoms with van der Waals surface area (Å²) in [6.07, 6.45) is 3.94. The van der Waals surface area contributed by atoms with Crippen LogP contribution in [0.15, 0.2) is 30.3 Å². The minimum absolute atomic E-state index is 0.0380. The summed E-state index contributed by atoms with van der Waals surface area (Å²) in [5, 5.41) is 2.91. The molecule has 0 aromatic heterocycles. The summed E-state index contributed by atoms with van der Waals surface area (Å²) in [6.45, 7) is 2.33. The number of amides is 2. The highest BCUT2D eigenvalue weighted by Crippen LogP contribution is 2.18. The maximum atomic E-state index is 11.7. The number of aryl methyl sites for hydroxylation is 1. The van der Waals surface area contributed by atoms with Crippen molar-refractivity contribution in [2.45, 2.75) is 38.6 Å². The monoisotopic (exact) mass is 274 g/mol. The fourth-order valence-corrected chi connectivity index (χ4v) is 2.14. The van der Waals surface area contributed by atoms with Crippen molar-refractivity contribution in [3.8, 4) is 0 Å². The van der Waals surface area contributed by atoms with E-state index >= 15 is 0 Å². The first kappa shape index (κ1) is 14.6. The van der Waals surface area contributed by atoms with Crippen LogP contribution in [0.1, 0.15) is 31.7 Å². The lowest BCUT2D eigenvalue weighted by molar-refractivity contribution is -0.134. The van der Waals surface area contributed by atoms with E-state index in [0.29, 0.717) is 12.6 Å². The fourth-order valence-electron chi connectivity index (χ4n) is 2.14. The summed E-state index contributed by atoms with van der Waals surface area (Å²) in [5.41, 5.74) is 1.26. The van der Waals surface area contributed by atoms with Crippen molar-refractivity contribution in [3.63, 3.8) is 0 Å². The molecule has 0 radical (unpaired) electrons. The molecule has 2 rings (SSSR count). The number of carbonyl (C=O) groups excluding carboxylic acids is 2. The number of carbonyl (C=O) groups is 2. The highest BCUT2D eigenvalue weighted by molar-refractivity contribution is 5.84. The van der Waals surface area contributed by atoms with Gasteiger partial charge in [-0.2, -0.15) is 0 Å². The van der Waals surface area contributed by atoms with Gasteiger partial charge in [0.15, 0.2) is 0 Å². The first-order chi connectivity index (χ1) is 9.65. The molecule has 1 aromatic carbocycles. The van der Waals surface area contributed by atoms with Crippen LogP contribution in [0.25, 0.3) is 0 Å². The average Bonchev–Trinajstić information content (AvgIpc) is 3.22. The smallest absolute Gasteiger partial charge is 0.239 e. The van der Waals surface area contributed by atoms with Gasteiger partial charge in [0.25, 0.3) is 0 Å². The predicted molar refractivity (Wildman–Crippen MR) is 78.2 cm³/mol. The number of nitrogens with one attached hydrogen (secondary N) is 1. The Morgan fingerprint density at radius 2 is 1.95 bits per heavy atom. The molecule has 2 amide bonds. The van der Waals surface area contributed by atoms with Crippen LogP contribution in [0.2, 0.25) is 0 Å². The summed E-state index contributed by atoms with van der Waals surface area (Å²) >= 11 is 0. The van der Waals surface area contributed by atoms with Gasteiger partial charge in [-0.05, 0) is 31.2 Å². The summed E-state index contributed by atoms with van der Waals surface area (Å²) in [5.74, 6) is -0.0774. The van der Waals surface area contributed by atoms with E-state index in [-0.39, 0.29) is 18.4 Å². The number of hydrogen-bond acceptors (Lipinski definition) is 2. The van der Waals surface area contributed by atoms with Crippen LogP contribution in [0.4, 0.5) is 0 Å². The van der Waals surface area contributed by atoms with Crippen molar-refractivity contribution in [3.05, 3.63) is 35.9 Å². The summed E-state index contributed by atoms with van der Waals surface area (Å²) < 4.78 is 0. The van der Waals surface area contributed by atoms with Gasteiger partial charge < -0.3 is 10.2 Å². The zero-order valence-corrected chi connectivity index (χ0v) is 12.0. The summed E-state index contributed by atoms with van der Waals surface area (Å²) in [4.78, 5) is 24.9. The summed E-state index contributed by atoms with van der Waals surface area (Å²) in [7, 11) is 0. The number of nitrogens with zero attached hydrogens (tertiary/aromatic N) is 1. The molecular weight excluding hydrogens is 252 g/mol. The average molecular weight is 274 g/mol. The van der Waals surface area contributed by atoms with Crippen molar-refractivity contribution in [2.24, 2.45) is 0 Å². The van der Waals surface area contributed by atoms with Crippen molar-refractivity contribution in [2.75, 3.05) is 13.1 Å². The van der Waals surface area contributed by atoms with Crippen LogP contribution < -0.4 is 5.32 Å². The molecule has 4 nitrogen and oxygen atoms in total. The van der Waals surface area contributed by atoms with E-state index in [1.165, 1.54) is 12.5 Å². The Hall–Kier alpha value is -1.84. The van der Waals surface area contributed by atoms with Gasteiger partial charge in [-0.15, -0.1) is 0 Å². The number of hydrogen-bond donors (Lipinski definition) is 1. The molecule has 0 atom stereocenters. The van der Waals surface area contributed by atoms with Crippen LogP contribution in [0.5, 0.6) is 0 Å². The van der Waals surface area contributed by atoms with Crippen LogP contribution in [0, 0.1) is 0 Å². The topological polar surface area (TPSA) is 49.4 Å². The minimum atomic E-state index is -0.0394. The fraction of sp³-hybridized carbons (Fsp3) is 0.500. The van der Waals surface area contributed by atoms with Crippen LogP contribution in [-0.2, 0) is 16.0 Å². The molecule has 20 heavy (non-hydrogen) atoms. The molecule has 0 bridgehead atoms. The second-order valence-corrected chi connectivity index (χ2v) is 5.37. The van der Waals surface area contributed by atoms with Gasteiger partial charge >= 0.3 is 0 Å². The van der Waals surface area contributed by atoms with E-state index in [0.717, 1.165) is 25.7 Å². The van der Waals surface area contributed by atoms with E-state index in [9.17, 15) is 9.59 Å². The molecule has 1 aliphatic carbocycles. The van der Waals surface area contributed by atoms with Gasteiger partial charge in [0.2, 0.25) is 11.8 Å². The zero-order chi connectivity index (χ0) is 14.4. The highest BCUT2D eigenvalue weighted by atomic mass is 16.2. The third-order valence-electron chi connectivity index (χ3n) is 3.46. The molecule has 1 fully saturated rings. The molecule has 1 N–H and O–H groups in total. The van der Waals surface area contributed by atoms with Crippen molar-refractivity contribution < 1.29 is 9.59 Å². The SMILES string of the molecule is CC(=O)N(CCCc1ccccc1)CC(=O)NC1CC1. The van der Waals surface area contributed by atoms with Gasteiger partial charge in [0.1, 0.15) is 0 Å². The highest BCUT2D eigenvalue weighted by Gasteiger charge is 2.24. The van der Waals surface area contributed by atoms with Crippen LogP contribution >= 0.6 is 0 Å². The van der Waals surface area contributed by atoms with E-state index in [2.05, 4.69) is 17.4 Å². The maximum Gasteiger partial charge on any atom is 0.239 e. The predicted octanol–water partition coefficient (Wildman–Crippen LogP) is 1.75. The molecule has 1 saturated carbocycles.